The number of hydrogen-bond donors (Lipinski definition) is 1. The lowest BCUT2D eigenvalue weighted by Gasteiger charge is -2.20. The van der Waals surface area contributed by atoms with E-state index >= 15 is 0 Å². The van der Waals surface area contributed by atoms with Gasteiger partial charge in [-0.15, -0.1) is 0 Å². The molecule has 2 rings (SSSR count). The number of amides is 1. The van der Waals surface area contributed by atoms with E-state index in [2.05, 4.69) is 22.1 Å². The number of rotatable bonds is 5. The van der Waals surface area contributed by atoms with Gasteiger partial charge in [-0.2, -0.15) is 0 Å². The van der Waals surface area contributed by atoms with Gasteiger partial charge in [-0.25, -0.2) is 4.39 Å². The topological polar surface area (TPSA) is 45.2 Å². The van der Waals surface area contributed by atoms with Gasteiger partial charge in [0.05, 0.1) is 11.8 Å². The SMILES string of the molecule is CC(CNC(=O)c1ccncc1F)CN1CCCC1. The van der Waals surface area contributed by atoms with Crippen molar-refractivity contribution in [3.63, 3.8) is 0 Å². The summed E-state index contributed by atoms with van der Waals surface area (Å²) in [5.41, 5.74) is 0.0587. The average Bonchev–Trinajstić information content (AvgIpc) is 2.89. The lowest BCUT2D eigenvalue weighted by Crippen LogP contribution is -2.34. The van der Waals surface area contributed by atoms with Crippen LogP contribution in [0.15, 0.2) is 18.5 Å². The zero-order valence-electron chi connectivity index (χ0n) is 11.2. The molecule has 0 aromatic carbocycles. The second-order valence-corrected chi connectivity index (χ2v) is 5.18. The predicted octanol–water partition coefficient (Wildman–Crippen LogP) is 1.68. The molecule has 1 atom stereocenters. The molecule has 1 amide bonds. The molecule has 1 unspecified atom stereocenters. The predicted molar refractivity (Wildman–Crippen MR) is 71.4 cm³/mol. The van der Waals surface area contributed by atoms with Crippen LogP contribution in [0.4, 0.5) is 4.39 Å². The quantitative estimate of drug-likeness (QED) is 0.881. The Morgan fingerprint density at radius 3 is 2.95 bits per heavy atom. The molecule has 1 saturated heterocycles. The number of nitrogens with one attached hydrogen (secondary N) is 1. The highest BCUT2D eigenvalue weighted by Crippen LogP contribution is 2.10. The number of hydrogen-bond acceptors (Lipinski definition) is 3. The van der Waals surface area contributed by atoms with E-state index in [4.69, 9.17) is 0 Å². The second-order valence-electron chi connectivity index (χ2n) is 5.18. The normalized spacial score (nSPS) is 17.4. The molecule has 0 aliphatic carbocycles. The third kappa shape index (κ3) is 3.99. The number of pyridine rings is 1. The van der Waals surface area contributed by atoms with Crippen LogP contribution in [0.3, 0.4) is 0 Å². The van der Waals surface area contributed by atoms with Gasteiger partial charge < -0.3 is 10.2 Å². The maximum Gasteiger partial charge on any atom is 0.254 e. The van der Waals surface area contributed by atoms with E-state index in [1.54, 1.807) is 0 Å². The molecule has 1 N–H and O–H groups in total. The van der Waals surface area contributed by atoms with Gasteiger partial charge in [0.15, 0.2) is 5.82 Å². The van der Waals surface area contributed by atoms with Crippen molar-refractivity contribution in [3.8, 4) is 0 Å². The van der Waals surface area contributed by atoms with Gasteiger partial charge in [0.2, 0.25) is 0 Å². The van der Waals surface area contributed by atoms with Crippen molar-refractivity contribution in [2.45, 2.75) is 19.8 Å². The summed E-state index contributed by atoms with van der Waals surface area (Å²) in [6.07, 6.45) is 5.01. The van der Waals surface area contributed by atoms with Gasteiger partial charge in [0.1, 0.15) is 0 Å². The summed E-state index contributed by atoms with van der Waals surface area (Å²) in [5, 5.41) is 2.78. The van der Waals surface area contributed by atoms with Gasteiger partial charge >= 0.3 is 0 Å². The van der Waals surface area contributed by atoms with Crippen LogP contribution in [-0.4, -0.2) is 42.0 Å². The summed E-state index contributed by atoms with van der Waals surface area (Å²) in [6, 6.07) is 1.40. The molecule has 1 aromatic heterocycles. The van der Waals surface area contributed by atoms with E-state index in [0.717, 1.165) is 25.8 Å². The van der Waals surface area contributed by atoms with Gasteiger partial charge in [-0.1, -0.05) is 6.92 Å². The van der Waals surface area contributed by atoms with Crippen LogP contribution in [0.5, 0.6) is 0 Å². The van der Waals surface area contributed by atoms with Crippen LogP contribution in [0.25, 0.3) is 0 Å². The first kappa shape index (κ1) is 13.9. The highest BCUT2D eigenvalue weighted by atomic mass is 19.1. The minimum absolute atomic E-state index is 0.0587. The summed E-state index contributed by atoms with van der Waals surface area (Å²) in [7, 11) is 0. The number of carbonyl (C=O) groups is 1. The lowest BCUT2D eigenvalue weighted by molar-refractivity contribution is 0.0941. The van der Waals surface area contributed by atoms with Crippen molar-refractivity contribution >= 4 is 5.91 Å². The van der Waals surface area contributed by atoms with Crippen molar-refractivity contribution in [1.29, 1.82) is 0 Å². The number of nitrogens with zero attached hydrogens (tertiary/aromatic N) is 2. The van der Waals surface area contributed by atoms with Crippen molar-refractivity contribution < 1.29 is 9.18 Å². The highest BCUT2D eigenvalue weighted by molar-refractivity contribution is 5.94. The molecule has 1 aliphatic heterocycles. The molecule has 0 saturated carbocycles. The standard InChI is InChI=1S/C14H20FN3O/c1-11(10-18-6-2-3-7-18)8-17-14(19)12-4-5-16-9-13(12)15/h4-5,9,11H,2-3,6-8,10H2,1H3,(H,17,19). The molecule has 0 spiro atoms. The Bertz CT molecular complexity index is 432. The van der Waals surface area contributed by atoms with Gasteiger partial charge in [0, 0.05) is 19.3 Å². The van der Waals surface area contributed by atoms with Crippen molar-refractivity contribution in [2.24, 2.45) is 5.92 Å². The minimum Gasteiger partial charge on any atom is -0.352 e. The zero-order valence-corrected chi connectivity index (χ0v) is 11.2. The Hall–Kier alpha value is -1.49. The van der Waals surface area contributed by atoms with Crippen molar-refractivity contribution in [1.82, 2.24) is 15.2 Å². The molecule has 0 bridgehead atoms. The molecule has 19 heavy (non-hydrogen) atoms. The maximum atomic E-state index is 13.4. The van der Waals surface area contributed by atoms with Crippen molar-refractivity contribution in [3.05, 3.63) is 29.8 Å². The minimum atomic E-state index is -0.577. The first-order valence-corrected chi connectivity index (χ1v) is 6.77. The number of aromatic nitrogens is 1. The monoisotopic (exact) mass is 265 g/mol. The average molecular weight is 265 g/mol. The fourth-order valence-electron chi connectivity index (χ4n) is 2.39. The first-order chi connectivity index (χ1) is 9.16. The Balaban J connectivity index is 1.78. The smallest absolute Gasteiger partial charge is 0.254 e. The van der Waals surface area contributed by atoms with Gasteiger partial charge in [-0.05, 0) is 37.9 Å². The summed E-state index contributed by atoms with van der Waals surface area (Å²) < 4.78 is 13.4. The lowest BCUT2D eigenvalue weighted by atomic mass is 10.1. The molecule has 104 valence electrons. The number of carbonyl (C=O) groups excluding carboxylic acids is 1. The van der Waals surface area contributed by atoms with E-state index in [1.165, 1.54) is 25.1 Å². The second kappa shape index (κ2) is 6.61. The highest BCUT2D eigenvalue weighted by Gasteiger charge is 2.16. The summed E-state index contributed by atoms with van der Waals surface area (Å²) in [6.45, 7) is 5.95. The van der Waals surface area contributed by atoms with E-state index in [1.807, 2.05) is 0 Å². The van der Waals surface area contributed by atoms with Crippen molar-refractivity contribution in [2.75, 3.05) is 26.2 Å². The molecule has 4 nitrogen and oxygen atoms in total. The Morgan fingerprint density at radius 1 is 1.53 bits per heavy atom. The van der Waals surface area contributed by atoms with Crippen LogP contribution in [0.1, 0.15) is 30.1 Å². The van der Waals surface area contributed by atoms with Crippen LogP contribution in [0.2, 0.25) is 0 Å². The third-order valence-electron chi connectivity index (χ3n) is 3.40. The number of halogens is 1. The molecule has 1 aliphatic rings. The molecular formula is C14H20FN3O. The van der Waals surface area contributed by atoms with Crippen LogP contribution < -0.4 is 5.32 Å². The van der Waals surface area contributed by atoms with E-state index < -0.39 is 5.82 Å². The largest absolute Gasteiger partial charge is 0.352 e. The molecule has 0 radical (unpaired) electrons. The number of likely N-dealkylation sites (tertiary alicyclic amines) is 1. The molecule has 1 aromatic rings. The fourth-order valence-corrected chi connectivity index (χ4v) is 2.39. The van der Waals surface area contributed by atoms with Gasteiger partial charge in [-0.3, -0.25) is 9.78 Å². The van der Waals surface area contributed by atoms with Crippen LogP contribution in [0, 0.1) is 11.7 Å². The first-order valence-electron chi connectivity index (χ1n) is 6.77. The van der Waals surface area contributed by atoms with Crippen LogP contribution in [-0.2, 0) is 0 Å². The van der Waals surface area contributed by atoms with Crippen LogP contribution >= 0.6 is 0 Å². The van der Waals surface area contributed by atoms with E-state index in [-0.39, 0.29) is 11.5 Å². The fraction of sp³-hybridized carbons (Fsp3) is 0.571. The zero-order chi connectivity index (χ0) is 13.7. The maximum absolute atomic E-state index is 13.4. The summed E-state index contributed by atoms with van der Waals surface area (Å²) in [4.78, 5) is 17.9. The Kier molecular flexibility index (Phi) is 4.85. The van der Waals surface area contributed by atoms with E-state index in [0.29, 0.717) is 12.5 Å². The molecule has 1 fully saturated rings. The third-order valence-corrected chi connectivity index (χ3v) is 3.40. The molecular weight excluding hydrogens is 245 g/mol. The van der Waals surface area contributed by atoms with Gasteiger partial charge in [0.25, 0.3) is 5.91 Å². The summed E-state index contributed by atoms with van der Waals surface area (Å²) in [5.74, 6) is -0.577. The molecule has 2 heterocycles. The van der Waals surface area contributed by atoms with E-state index in [9.17, 15) is 9.18 Å². The summed E-state index contributed by atoms with van der Waals surface area (Å²) >= 11 is 0. The molecule has 5 heteroatoms. The Labute approximate surface area is 113 Å². The Morgan fingerprint density at radius 2 is 2.26 bits per heavy atom.